The van der Waals surface area contributed by atoms with Crippen molar-refractivity contribution in [3.63, 3.8) is 0 Å². The van der Waals surface area contributed by atoms with E-state index in [9.17, 15) is 4.79 Å². The molecule has 6 heteroatoms. The second kappa shape index (κ2) is 6.83. The molecule has 1 fully saturated rings. The van der Waals surface area contributed by atoms with Crippen LogP contribution in [0.4, 0.5) is 0 Å². The van der Waals surface area contributed by atoms with Crippen LogP contribution in [0.15, 0.2) is 4.42 Å². The van der Waals surface area contributed by atoms with Gasteiger partial charge in [0.15, 0.2) is 0 Å². The van der Waals surface area contributed by atoms with Gasteiger partial charge in [0.1, 0.15) is 0 Å². The van der Waals surface area contributed by atoms with Gasteiger partial charge in [-0.1, -0.05) is 19.8 Å². The Morgan fingerprint density at radius 1 is 1.45 bits per heavy atom. The molecule has 1 aliphatic carbocycles. The Labute approximate surface area is 119 Å². The summed E-state index contributed by atoms with van der Waals surface area (Å²) in [5, 5.41) is 10.9. The lowest BCUT2D eigenvalue weighted by molar-refractivity contribution is -0.127. The molecule has 0 saturated heterocycles. The fourth-order valence-electron chi connectivity index (χ4n) is 2.79. The molecule has 1 aromatic rings. The number of nitrogens with one attached hydrogen (secondary N) is 1. The Hall–Kier alpha value is -1.43. The third-order valence-corrected chi connectivity index (χ3v) is 3.88. The highest BCUT2D eigenvalue weighted by Gasteiger charge is 2.26. The number of likely N-dealkylation sites (N-methyl/N-ethyl adjacent to an activating group) is 1. The average Bonchev–Trinajstić information content (AvgIpc) is 3.02. The van der Waals surface area contributed by atoms with Crippen molar-refractivity contribution in [2.24, 2.45) is 0 Å². The molecule has 1 aromatic heterocycles. The first-order chi connectivity index (χ1) is 9.60. The van der Waals surface area contributed by atoms with E-state index < -0.39 is 0 Å². The molecular weight excluding hydrogens is 256 g/mol. The first kappa shape index (κ1) is 15.0. The largest absolute Gasteiger partial charge is 0.424 e. The molecule has 1 amide bonds. The Kier molecular flexibility index (Phi) is 5.11. The van der Waals surface area contributed by atoms with Crippen molar-refractivity contribution in [2.45, 2.75) is 64.6 Å². The summed E-state index contributed by atoms with van der Waals surface area (Å²) in [6.07, 6.45) is 5.42. The molecule has 1 heterocycles. The minimum atomic E-state index is -0.150. The van der Waals surface area contributed by atoms with Gasteiger partial charge in [0.2, 0.25) is 17.7 Å². The van der Waals surface area contributed by atoms with Crippen molar-refractivity contribution >= 4 is 5.91 Å². The highest BCUT2D eigenvalue weighted by atomic mass is 16.4. The Bertz CT molecular complexity index is 440. The third-order valence-electron chi connectivity index (χ3n) is 3.88. The van der Waals surface area contributed by atoms with Gasteiger partial charge in [-0.15, -0.1) is 10.2 Å². The van der Waals surface area contributed by atoms with E-state index in [0.29, 0.717) is 24.4 Å². The van der Waals surface area contributed by atoms with Gasteiger partial charge < -0.3 is 9.73 Å². The molecule has 112 valence electrons. The van der Waals surface area contributed by atoms with Gasteiger partial charge in [0.25, 0.3) is 0 Å². The standard InChI is InChI=1S/C14H24N4O2/c1-4-12(14(19)15-11-7-5-6-8-11)18(3)9-13-17-16-10(2)20-13/h11-12H,4-9H2,1-3H3,(H,15,19)/t12-/m0/s1. The van der Waals surface area contributed by atoms with E-state index in [1.165, 1.54) is 12.8 Å². The van der Waals surface area contributed by atoms with E-state index in [2.05, 4.69) is 15.5 Å². The van der Waals surface area contributed by atoms with Gasteiger partial charge in [-0.05, 0) is 26.3 Å². The third kappa shape index (κ3) is 3.79. The fourth-order valence-corrected chi connectivity index (χ4v) is 2.79. The zero-order chi connectivity index (χ0) is 14.5. The summed E-state index contributed by atoms with van der Waals surface area (Å²) >= 11 is 0. The Balaban J connectivity index is 1.90. The SMILES string of the molecule is CC[C@@H](C(=O)NC1CCCC1)N(C)Cc1nnc(C)o1. The van der Waals surface area contributed by atoms with Crippen LogP contribution in [0.25, 0.3) is 0 Å². The van der Waals surface area contributed by atoms with Gasteiger partial charge in [-0.2, -0.15) is 0 Å². The molecular formula is C14H24N4O2. The number of hydrogen-bond acceptors (Lipinski definition) is 5. The van der Waals surface area contributed by atoms with Gasteiger partial charge in [0.05, 0.1) is 12.6 Å². The topological polar surface area (TPSA) is 71.3 Å². The molecule has 0 aromatic carbocycles. The number of carbonyl (C=O) groups is 1. The highest BCUT2D eigenvalue weighted by Crippen LogP contribution is 2.18. The Morgan fingerprint density at radius 2 is 2.15 bits per heavy atom. The first-order valence-corrected chi connectivity index (χ1v) is 7.39. The maximum atomic E-state index is 12.3. The van der Waals surface area contributed by atoms with Crippen molar-refractivity contribution in [1.29, 1.82) is 0 Å². The lowest BCUT2D eigenvalue weighted by Gasteiger charge is -2.26. The lowest BCUT2D eigenvalue weighted by atomic mass is 10.1. The Morgan fingerprint density at radius 3 is 2.70 bits per heavy atom. The normalized spacial score (nSPS) is 17.6. The van der Waals surface area contributed by atoms with Crippen molar-refractivity contribution in [3.8, 4) is 0 Å². The molecule has 0 unspecified atom stereocenters. The maximum Gasteiger partial charge on any atom is 0.237 e. The molecule has 1 aliphatic rings. The summed E-state index contributed by atoms with van der Waals surface area (Å²) in [6.45, 7) is 4.28. The van der Waals surface area contributed by atoms with Gasteiger partial charge in [-0.25, -0.2) is 0 Å². The molecule has 6 nitrogen and oxygen atoms in total. The van der Waals surface area contributed by atoms with Crippen LogP contribution in [0.3, 0.4) is 0 Å². The number of aromatic nitrogens is 2. The van der Waals surface area contributed by atoms with E-state index in [1.807, 2.05) is 18.9 Å². The molecule has 2 rings (SSSR count). The maximum absolute atomic E-state index is 12.3. The minimum Gasteiger partial charge on any atom is -0.424 e. The van der Waals surface area contributed by atoms with Gasteiger partial charge in [0, 0.05) is 13.0 Å². The summed E-state index contributed by atoms with van der Waals surface area (Å²) in [7, 11) is 1.92. The van der Waals surface area contributed by atoms with Crippen molar-refractivity contribution in [2.75, 3.05) is 7.05 Å². The van der Waals surface area contributed by atoms with Crippen molar-refractivity contribution in [1.82, 2.24) is 20.4 Å². The summed E-state index contributed by atoms with van der Waals surface area (Å²) in [4.78, 5) is 14.3. The molecule has 1 N–H and O–H groups in total. The van der Waals surface area contributed by atoms with Crippen LogP contribution in [0.2, 0.25) is 0 Å². The highest BCUT2D eigenvalue weighted by molar-refractivity contribution is 5.81. The number of carbonyl (C=O) groups excluding carboxylic acids is 1. The number of nitrogens with zero attached hydrogens (tertiary/aromatic N) is 3. The zero-order valence-electron chi connectivity index (χ0n) is 12.6. The molecule has 0 spiro atoms. The summed E-state index contributed by atoms with van der Waals surface area (Å²) in [5.41, 5.74) is 0. The smallest absolute Gasteiger partial charge is 0.237 e. The van der Waals surface area contributed by atoms with Crippen LogP contribution in [-0.4, -0.2) is 40.1 Å². The van der Waals surface area contributed by atoms with Crippen LogP contribution in [-0.2, 0) is 11.3 Å². The van der Waals surface area contributed by atoms with E-state index >= 15 is 0 Å². The molecule has 0 radical (unpaired) electrons. The molecule has 1 saturated carbocycles. The number of rotatable bonds is 6. The predicted molar refractivity (Wildman–Crippen MR) is 75.0 cm³/mol. The van der Waals surface area contributed by atoms with E-state index in [4.69, 9.17) is 4.42 Å². The lowest BCUT2D eigenvalue weighted by Crippen LogP contribution is -2.47. The van der Waals surface area contributed by atoms with Crippen LogP contribution in [0.1, 0.15) is 50.8 Å². The average molecular weight is 280 g/mol. The van der Waals surface area contributed by atoms with E-state index in [-0.39, 0.29) is 11.9 Å². The van der Waals surface area contributed by atoms with E-state index in [0.717, 1.165) is 19.3 Å². The van der Waals surface area contributed by atoms with Crippen LogP contribution in [0, 0.1) is 6.92 Å². The molecule has 1 atom stereocenters. The predicted octanol–water partition coefficient (Wildman–Crippen LogP) is 1.65. The number of aryl methyl sites for hydroxylation is 1. The fraction of sp³-hybridized carbons (Fsp3) is 0.786. The van der Waals surface area contributed by atoms with Gasteiger partial charge >= 0.3 is 0 Å². The monoisotopic (exact) mass is 280 g/mol. The first-order valence-electron chi connectivity index (χ1n) is 7.39. The summed E-state index contributed by atoms with van der Waals surface area (Å²) < 4.78 is 5.37. The van der Waals surface area contributed by atoms with Crippen LogP contribution in [0.5, 0.6) is 0 Å². The molecule has 20 heavy (non-hydrogen) atoms. The molecule has 0 aliphatic heterocycles. The second-order valence-corrected chi connectivity index (χ2v) is 5.54. The van der Waals surface area contributed by atoms with E-state index in [1.54, 1.807) is 6.92 Å². The quantitative estimate of drug-likeness (QED) is 0.858. The minimum absolute atomic E-state index is 0.109. The summed E-state index contributed by atoms with van der Waals surface area (Å²) in [6, 6.07) is 0.207. The van der Waals surface area contributed by atoms with Crippen molar-refractivity contribution < 1.29 is 9.21 Å². The van der Waals surface area contributed by atoms with Crippen LogP contribution >= 0.6 is 0 Å². The second-order valence-electron chi connectivity index (χ2n) is 5.54. The number of amides is 1. The van der Waals surface area contributed by atoms with Gasteiger partial charge in [-0.3, -0.25) is 9.69 Å². The number of hydrogen-bond donors (Lipinski definition) is 1. The van der Waals surface area contributed by atoms with Crippen LogP contribution < -0.4 is 5.32 Å². The zero-order valence-corrected chi connectivity index (χ0v) is 12.6. The molecule has 0 bridgehead atoms. The van der Waals surface area contributed by atoms with Crippen molar-refractivity contribution in [3.05, 3.63) is 11.8 Å². The summed E-state index contributed by atoms with van der Waals surface area (Å²) in [5.74, 6) is 1.21.